The Morgan fingerprint density at radius 2 is 1.83 bits per heavy atom. The Morgan fingerprint density at radius 3 is 2.52 bits per heavy atom. The topological polar surface area (TPSA) is 122 Å². The zero-order valence-corrected chi connectivity index (χ0v) is 17.0. The van der Waals surface area contributed by atoms with Crippen molar-refractivity contribution in [2.75, 3.05) is 10.0 Å². The van der Waals surface area contributed by atoms with Gasteiger partial charge in [-0.3, -0.25) is 9.52 Å². The summed E-state index contributed by atoms with van der Waals surface area (Å²) in [7, 11) is -7.31. The first-order valence-electron chi connectivity index (χ1n) is 8.16. The molecule has 0 radical (unpaired) electrons. The van der Waals surface area contributed by atoms with Gasteiger partial charge in [-0.1, -0.05) is 6.07 Å². The normalized spacial score (nSPS) is 14.3. The molecule has 0 aliphatic carbocycles. The fourth-order valence-electron chi connectivity index (χ4n) is 2.76. The number of anilines is 2. The van der Waals surface area contributed by atoms with Crippen LogP contribution >= 0.6 is 11.3 Å². The Hall–Kier alpha value is -3.02. The number of amides is 1. The van der Waals surface area contributed by atoms with E-state index in [1.54, 1.807) is 5.38 Å². The molecular formula is C18H13N3O5S3. The summed E-state index contributed by atoms with van der Waals surface area (Å²) < 4.78 is 51.0. The van der Waals surface area contributed by atoms with Crippen LogP contribution in [0.4, 0.5) is 10.8 Å². The summed E-state index contributed by atoms with van der Waals surface area (Å²) in [6.07, 6.45) is 2.88. The molecule has 1 aliphatic heterocycles. The van der Waals surface area contributed by atoms with E-state index in [1.807, 2.05) is 0 Å². The minimum absolute atomic E-state index is 0.0142. The second-order valence-electron chi connectivity index (χ2n) is 5.99. The molecule has 2 N–H and O–H groups in total. The molecule has 8 nitrogen and oxygen atoms in total. The monoisotopic (exact) mass is 447 g/mol. The van der Waals surface area contributed by atoms with Gasteiger partial charge < -0.3 is 5.32 Å². The highest BCUT2D eigenvalue weighted by atomic mass is 32.2. The van der Waals surface area contributed by atoms with E-state index in [9.17, 15) is 21.6 Å². The van der Waals surface area contributed by atoms with Crippen LogP contribution in [0.25, 0.3) is 6.08 Å². The predicted molar refractivity (Wildman–Crippen MR) is 110 cm³/mol. The van der Waals surface area contributed by atoms with Crippen molar-refractivity contribution in [3.05, 3.63) is 70.6 Å². The fourth-order valence-corrected chi connectivity index (χ4v) is 5.76. The van der Waals surface area contributed by atoms with Crippen LogP contribution in [-0.2, 0) is 19.9 Å². The fraction of sp³-hybridized carbons (Fsp3) is 0. The molecule has 29 heavy (non-hydrogen) atoms. The second kappa shape index (κ2) is 7.10. The molecule has 0 unspecified atom stereocenters. The molecule has 3 aromatic rings. The summed E-state index contributed by atoms with van der Waals surface area (Å²) in [5.74, 6) is -0.500. The van der Waals surface area contributed by atoms with E-state index in [4.69, 9.17) is 0 Å². The average molecular weight is 448 g/mol. The van der Waals surface area contributed by atoms with Gasteiger partial charge in [0.05, 0.1) is 9.79 Å². The lowest BCUT2D eigenvalue weighted by Gasteiger charge is -2.10. The minimum Gasteiger partial charge on any atom is -0.322 e. The number of benzene rings is 2. The van der Waals surface area contributed by atoms with Crippen molar-refractivity contribution in [2.45, 2.75) is 9.79 Å². The summed E-state index contributed by atoms with van der Waals surface area (Å²) in [6.45, 7) is 0. The van der Waals surface area contributed by atoms with Crippen molar-refractivity contribution >= 4 is 54.0 Å². The van der Waals surface area contributed by atoms with Gasteiger partial charge in [-0.25, -0.2) is 21.8 Å². The van der Waals surface area contributed by atoms with Crippen LogP contribution < -0.4 is 10.0 Å². The van der Waals surface area contributed by atoms with Crippen LogP contribution in [0.2, 0.25) is 0 Å². The van der Waals surface area contributed by atoms with Gasteiger partial charge >= 0.3 is 0 Å². The van der Waals surface area contributed by atoms with Crippen LogP contribution in [-0.4, -0.2) is 27.7 Å². The average Bonchev–Trinajstić information content (AvgIpc) is 3.29. The van der Waals surface area contributed by atoms with Crippen molar-refractivity contribution in [2.24, 2.45) is 0 Å². The molecule has 0 saturated carbocycles. The standard InChI is InChI=1S/C18H13N3O5S3/c22-17(15-2-1-3-16-14(15)8-11-28(16,23)24)20-12-4-6-13(7-5-12)29(25,26)21-18-19-9-10-27-18/h1-11H,(H,19,21)(H,20,22). The number of fused-ring (bicyclic) bond motifs is 1. The first kappa shape index (κ1) is 19.3. The summed E-state index contributed by atoms with van der Waals surface area (Å²) in [5, 5.41) is 5.61. The zero-order chi connectivity index (χ0) is 20.6. The first-order chi connectivity index (χ1) is 13.8. The molecular weight excluding hydrogens is 434 g/mol. The molecule has 0 atom stereocenters. The third kappa shape index (κ3) is 3.79. The van der Waals surface area contributed by atoms with Gasteiger partial charge in [-0.15, -0.1) is 11.3 Å². The van der Waals surface area contributed by atoms with Crippen LogP contribution in [0.1, 0.15) is 15.9 Å². The summed E-state index contributed by atoms with van der Waals surface area (Å²) in [6, 6.07) is 10.1. The number of hydrogen-bond acceptors (Lipinski definition) is 7. The molecule has 0 bridgehead atoms. The largest absolute Gasteiger partial charge is 0.322 e. The summed E-state index contributed by atoms with van der Waals surface area (Å²) >= 11 is 1.16. The maximum absolute atomic E-state index is 12.6. The van der Waals surface area contributed by atoms with E-state index in [2.05, 4.69) is 15.0 Å². The molecule has 2 aromatic carbocycles. The third-order valence-corrected chi connectivity index (χ3v) is 7.74. The molecule has 0 spiro atoms. The van der Waals surface area contributed by atoms with Crippen LogP contribution in [0.5, 0.6) is 0 Å². The number of carbonyl (C=O) groups is 1. The Labute approximate surface area is 170 Å². The molecule has 1 aliphatic rings. The van der Waals surface area contributed by atoms with Crippen LogP contribution in [0, 0.1) is 0 Å². The molecule has 11 heteroatoms. The Morgan fingerprint density at radius 1 is 1.07 bits per heavy atom. The quantitative estimate of drug-likeness (QED) is 0.620. The molecule has 1 aromatic heterocycles. The number of sulfonamides is 1. The lowest BCUT2D eigenvalue weighted by molar-refractivity contribution is 0.102. The van der Waals surface area contributed by atoms with Crippen molar-refractivity contribution in [1.29, 1.82) is 0 Å². The van der Waals surface area contributed by atoms with E-state index in [0.29, 0.717) is 11.3 Å². The number of rotatable bonds is 5. The van der Waals surface area contributed by atoms with Crippen LogP contribution in [0.3, 0.4) is 0 Å². The number of thiazole rings is 1. The number of sulfone groups is 1. The van der Waals surface area contributed by atoms with Crippen LogP contribution in [0.15, 0.2) is 69.2 Å². The lowest BCUT2D eigenvalue weighted by Crippen LogP contribution is -2.15. The Kier molecular flexibility index (Phi) is 4.73. The maximum Gasteiger partial charge on any atom is 0.263 e. The van der Waals surface area contributed by atoms with Gasteiger partial charge in [0, 0.05) is 33.8 Å². The number of carbonyl (C=O) groups excluding carboxylic acids is 1. The van der Waals surface area contributed by atoms with Gasteiger partial charge in [-0.2, -0.15) is 0 Å². The Bertz CT molecular complexity index is 1330. The molecule has 1 amide bonds. The Balaban J connectivity index is 1.54. The van der Waals surface area contributed by atoms with E-state index in [-0.39, 0.29) is 20.5 Å². The predicted octanol–water partition coefficient (Wildman–Crippen LogP) is 2.95. The first-order valence-corrected chi connectivity index (χ1v) is 12.1. The zero-order valence-electron chi connectivity index (χ0n) is 14.6. The van der Waals surface area contributed by atoms with Gasteiger partial charge in [0.2, 0.25) is 0 Å². The summed E-state index contributed by atoms with van der Waals surface area (Å²) in [4.78, 5) is 16.6. The van der Waals surface area contributed by atoms with Crippen molar-refractivity contribution in [1.82, 2.24) is 4.98 Å². The van der Waals surface area contributed by atoms with E-state index in [0.717, 1.165) is 16.7 Å². The molecule has 4 rings (SSSR count). The van der Waals surface area contributed by atoms with Crippen molar-refractivity contribution < 1.29 is 21.6 Å². The molecule has 0 saturated heterocycles. The molecule has 148 valence electrons. The van der Waals surface area contributed by atoms with Crippen molar-refractivity contribution in [3.63, 3.8) is 0 Å². The van der Waals surface area contributed by atoms with Gasteiger partial charge in [0.15, 0.2) is 15.0 Å². The lowest BCUT2D eigenvalue weighted by atomic mass is 10.1. The number of nitrogens with one attached hydrogen (secondary N) is 2. The highest BCUT2D eigenvalue weighted by Gasteiger charge is 2.25. The SMILES string of the molecule is O=C(Nc1ccc(S(=O)(=O)Nc2nccs2)cc1)c1cccc2c1C=CS2(=O)=O. The number of nitrogens with zero attached hydrogens (tertiary/aromatic N) is 1. The molecule has 0 fully saturated rings. The van der Waals surface area contributed by atoms with Gasteiger partial charge in [0.25, 0.3) is 15.9 Å². The van der Waals surface area contributed by atoms with E-state index in [1.165, 1.54) is 54.7 Å². The van der Waals surface area contributed by atoms with E-state index >= 15 is 0 Å². The molecule has 2 heterocycles. The van der Waals surface area contributed by atoms with E-state index < -0.39 is 25.8 Å². The highest BCUT2D eigenvalue weighted by Crippen LogP contribution is 2.30. The van der Waals surface area contributed by atoms with Gasteiger partial charge in [0.1, 0.15) is 0 Å². The smallest absolute Gasteiger partial charge is 0.263 e. The second-order valence-corrected chi connectivity index (χ2v) is 10.4. The highest BCUT2D eigenvalue weighted by molar-refractivity contribution is 7.94. The summed E-state index contributed by atoms with van der Waals surface area (Å²) in [5.41, 5.74) is 0.907. The maximum atomic E-state index is 12.6. The third-order valence-electron chi connectivity index (χ3n) is 4.11. The number of hydrogen-bond donors (Lipinski definition) is 2. The minimum atomic E-state index is -3.79. The number of aromatic nitrogens is 1. The van der Waals surface area contributed by atoms with Gasteiger partial charge in [-0.05, 0) is 42.5 Å². The van der Waals surface area contributed by atoms with Crippen molar-refractivity contribution in [3.8, 4) is 0 Å².